The smallest absolute Gasteiger partial charge is 0.331 e. The van der Waals surface area contributed by atoms with Crippen LogP contribution in [0.5, 0.6) is 0 Å². The fourth-order valence-electron chi connectivity index (χ4n) is 1.06. The number of carbonyl (C=O) groups is 1. The molecule has 1 N–H and O–H groups in total. The molecule has 0 aromatic carbocycles. The Labute approximate surface area is 80.0 Å². The molecule has 0 aromatic rings. The summed E-state index contributed by atoms with van der Waals surface area (Å²) in [4.78, 5) is 10.7. The van der Waals surface area contributed by atoms with Gasteiger partial charge in [0.25, 0.3) is 0 Å². The largest absolute Gasteiger partial charge is 0.478 e. The van der Waals surface area contributed by atoms with Crippen LogP contribution in [-0.2, 0) is 4.79 Å². The van der Waals surface area contributed by atoms with Crippen molar-refractivity contribution in [2.24, 2.45) is 0 Å². The van der Waals surface area contributed by atoms with Gasteiger partial charge in [0.2, 0.25) is 0 Å². The maximum atomic E-state index is 10.7. The summed E-state index contributed by atoms with van der Waals surface area (Å²) in [6.45, 7) is 5.98. The minimum atomic E-state index is -0.788. The standard InChI is InChI=1S/C11H18O2/c1-4-6-10(11(12)13)8-5-7-9(2)3/h6-7H,4-5,8H2,1-3H3,(H,12,13). The second-order valence-corrected chi connectivity index (χ2v) is 3.26. The second kappa shape index (κ2) is 6.46. The van der Waals surface area contributed by atoms with Crippen LogP contribution in [0, 0.1) is 0 Å². The van der Waals surface area contributed by atoms with Gasteiger partial charge in [-0.3, -0.25) is 0 Å². The summed E-state index contributed by atoms with van der Waals surface area (Å²) < 4.78 is 0. The van der Waals surface area contributed by atoms with E-state index in [0.29, 0.717) is 12.0 Å². The summed E-state index contributed by atoms with van der Waals surface area (Å²) in [6.07, 6.45) is 6.08. The Hall–Kier alpha value is -1.05. The highest BCUT2D eigenvalue weighted by Gasteiger charge is 2.04. The Morgan fingerprint density at radius 2 is 1.92 bits per heavy atom. The van der Waals surface area contributed by atoms with Crippen LogP contribution in [0.15, 0.2) is 23.3 Å². The summed E-state index contributed by atoms with van der Waals surface area (Å²) in [7, 11) is 0. The van der Waals surface area contributed by atoms with Gasteiger partial charge in [-0.15, -0.1) is 0 Å². The molecule has 0 radical (unpaired) electrons. The van der Waals surface area contributed by atoms with Crippen molar-refractivity contribution in [2.75, 3.05) is 0 Å². The van der Waals surface area contributed by atoms with Gasteiger partial charge >= 0.3 is 5.97 Å². The molecule has 0 saturated heterocycles. The maximum absolute atomic E-state index is 10.7. The lowest BCUT2D eigenvalue weighted by Gasteiger charge is -1.99. The van der Waals surface area contributed by atoms with Gasteiger partial charge < -0.3 is 5.11 Å². The molecule has 0 heterocycles. The number of hydrogen-bond acceptors (Lipinski definition) is 1. The molecule has 2 nitrogen and oxygen atoms in total. The van der Waals surface area contributed by atoms with Crippen LogP contribution < -0.4 is 0 Å². The van der Waals surface area contributed by atoms with Crippen molar-refractivity contribution in [3.8, 4) is 0 Å². The minimum Gasteiger partial charge on any atom is -0.478 e. The fourth-order valence-corrected chi connectivity index (χ4v) is 1.06. The van der Waals surface area contributed by atoms with Gasteiger partial charge in [-0.05, 0) is 33.1 Å². The van der Waals surface area contributed by atoms with Crippen LogP contribution in [-0.4, -0.2) is 11.1 Å². The summed E-state index contributed by atoms with van der Waals surface area (Å²) in [5.41, 5.74) is 1.77. The van der Waals surface area contributed by atoms with Gasteiger partial charge in [0.1, 0.15) is 0 Å². The Balaban J connectivity index is 4.06. The molecule has 0 aromatic heterocycles. The maximum Gasteiger partial charge on any atom is 0.331 e. The Morgan fingerprint density at radius 3 is 2.31 bits per heavy atom. The molecular weight excluding hydrogens is 164 g/mol. The van der Waals surface area contributed by atoms with E-state index in [-0.39, 0.29) is 0 Å². The zero-order chi connectivity index (χ0) is 10.3. The first-order chi connectivity index (χ1) is 6.07. The zero-order valence-corrected chi connectivity index (χ0v) is 8.63. The van der Waals surface area contributed by atoms with E-state index in [4.69, 9.17) is 5.11 Å². The zero-order valence-electron chi connectivity index (χ0n) is 8.63. The number of carboxylic acids is 1. The third-order valence-electron chi connectivity index (χ3n) is 1.69. The molecule has 0 unspecified atom stereocenters. The predicted octanol–water partition coefficient (Wildman–Crippen LogP) is 3.15. The molecule has 13 heavy (non-hydrogen) atoms. The van der Waals surface area contributed by atoms with Gasteiger partial charge in [0.05, 0.1) is 0 Å². The summed E-state index contributed by atoms with van der Waals surface area (Å²) >= 11 is 0. The van der Waals surface area contributed by atoms with E-state index < -0.39 is 5.97 Å². The molecule has 0 spiro atoms. The van der Waals surface area contributed by atoms with Crippen molar-refractivity contribution in [1.82, 2.24) is 0 Å². The van der Waals surface area contributed by atoms with E-state index in [1.165, 1.54) is 5.57 Å². The fraction of sp³-hybridized carbons (Fsp3) is 0.545. The van der Waals surface area contributed by atoms with E-state index in [2.05, 4.69) is 6.08 Å². The SMILES string of the molecule is CCC=C(CCC=C(C)C)C(=O)O. The number of rotatable bonds is 5. The number of carboxylic acid groups (broad SMARTS) is 1. The van der Waals surface area contributed by atoms with Crippen molar-refractivity contribution >= 4 is 5.97 Å². The van der Waals surface area contributed by atoms with E-state index in [0.717, 1.165) is 12.8 Å². The highest BCUT2D eigenvalue weighted by molar-refractivity contribution is 5.86. The van der Waals surface area contributed by atoms with Gasteiger partial charge in [0.15, 0.2) is 0 Å². The van der Waals surface area contributed by atoms with Crippen molar-refractivity contribution in [3.63, 3.8) is 0 Å². The predicted molar refractivity (Wildman–Crippen MR) is 54.7 cm³/mol. The van der Waals surface area contributed by atoms with E-state index in [1.54, 1.807) is 6.08 Å². The third kappa shape index (κ3) is 6.14. The summed E-state index contributed by atoms with van der Waals surface area (Å²) in [6, 6.07) is 0. The average Bonchev–Trinajstić information content (AvgIpc) is 2.02. The van der Waals surface area contributed by atoms with Crippen LogP contribution in [0.3, 0.4) is 0 Å². The van der Waals surface area contributed by atoms with Crippen LogP contribution in [0.2, 0.25) is 0 Å². The number of hydrogen-bond donors (Lipinski definition) is 1. The third-order valence-corrected chi connectivity index (χ3v) is 1.69. The molecule has 0 aliphatic carbocycles. The van der Waals surface area contributed by atoms with Crippen LogP contribution in [0.25, 0.3) is 0 Å². The van der Waals surface area contributed by atoms with Gasteiger partial charge in [-0.2, -0.15) is 0 Å². The molecule has 0 atom stereocenters. The van der Waals surface area contributed by atoms with Crippen LogP contribution in [0.1, 0.15) is 40.0 Å². The Morgan fingerprint density at radius 1 is 1.31 bits per heavy atom. The van der Waals surface area contributed by atoms with E-state index in [1.807, 2.05) is 20.8 Å². The second-order valence-electron chi connectivity index (χ2n) is 3.26. The molecule has 0 amide bonds. The number of aliphatic carboxylic acids is 1. The summed E-state index contributed by atoms with van der Waals surface area (Å²) in [5, 5.41) is 8.78. The quantitative estimate of drug-likeness (QED) is 0.524. The molecular formula is C11H18O2. The van der Waals surface area contributed by atoms with Gasteiger partial charge in [0, 0.05) is 5.57 Å². The minimum absolute atomic E-state index is 0.528. The average molecular weight is 182 g/mol. The lowest BCUT2D eigenvalue weighted by Crippen LogP contribution is -1.99. The van der Waals surface area contributed by atoms with Crippen molar-refractivity contribution in [3.05, 3.63) is 23.3 Å². The molecule has 74 valence electrons. The highest BCUT2D eigenvalue weighted by Crippen LogP contribution is 2.08. The van der Waals surface area contributed by atoms with E-state index >= 15 is 0 Å². The molecule has 0 aliphatic heterocycles. The first kappa shape index (κ1) is 11.9. The van der Waals surface area contributed by atoms with Crippen LogP contribution in [0.4, 0.5) is 0 Å². The van der Waals surface area contributed by atoms with Crippen molar-refractivity contribution < 1.29 is 9.90 Å². The molecule has 0 rings (SSSR count). The van der Waals surface area contributed by atoms with Crippen molar-refractivity contribution in [1.29, 1.82) is 0 Å². The first-order valence-electron chi connectivity index (χ1n) is 4.63. The molecule has 0 bridgehead atoms. The molecule has 0 fully saturated rings. The normalized spacial score (nSPS) is 11.2. The first-order valence-corrected chi connectivity index (χ1v) is 4.63. The molecule has 0 aliphatic rings. The monoisotopic (exact) mass is 182 g/mol. The Bertz CT molecular complexity index is 220. The van der Waals surface area contributed by atoms with Crippen LogP contribution >= 0.6 is 0 Å². The lowest BCUT2D eigenvalue weighted by atomic mass is 10.1. The van der Waals surface area contributed by atoms with Gasteiger partial charge in [-0.1, -0.05) is 24.6 Å². The molecule has 2 heteroatoms. The topological polar surface area (TPSA) is 37.3 Å². The highest BCUT2D eigenvalue weighted by atomic mass is 16.4. The van der Waals surface area contributed by atoms with Crippen molar-refractivity contribution in [2.45, 2.75) is 40.0 Å². The Kier molecular flexibility index (Phi) is 5.94. The number of allylic oxidation sites excluding steroid dienone is 3. The molecule has 0 saturated carbocycles. The van der Waals surface area contributed by atoms with Gasteiger partial charge in [-0.25, -0.2) is 4.79 Å². The van der Waals surface area contributed by atoms with E-state index in [9.17, 15) is 4.79 Å². The lowest BCUT2D eigenvalue weighted by molar-refractivity contribution is -0.132. The summed E-state index contributed by atoms with van der Waals surface area (Å²) in [5.74, 6) is -0.788.